The van der Waals surface area contributed by atoms with E-state index in [-0.39, 0.29) is 5.56 Å². The molecule has 1 atom stereocenters. The smallest absolute Gasteiger partial charge is 0.266 e. The van der Waals surface area contributed by atoms with Gasteiger partial charge in [0.05, 0.1) is 29.9 Å². The van der Waals surface area contributed by atoms with Gasteiger partial charge in [0, 0.05) is 23.6 Å². The van der Waals surface area contributed by atoms with Gasteiger partial charge in [-0.1, -0.05) is 18.2 Å². The molecule has 1 aliphatic carbocycles. The molecule has 1 aromatic heterocycles. The molecule has 0 amide bonds. The summed E-state index contributed by atoms with van der Waals surface area (Å²) in [5.74, 6) is 0.485. The molecule has 0 unspecified atom stereocenters. The molecule has 5 rings (SSSR count). The summed E-state index contributed by atoms with van der Waals surface area (Å²) in [6.45, 7) is 4.50. The molecular weight excluding hydrogens is 485 g/mol. The van der Waals surface area contributed by atoms with Gasteiger partial charge in [-0.15, -0.1) is 0 Å². The Morgan fingerprint density at radius 2 is 1.89 bits per heavy atom. The maximum atomic E-state index is 14.9. The zero-order chi connectivity index (χ0) is 26.5. The normalized spacial score (nSPS) is 22.6. The number of rotatable bonds is 5. The Balaban J connectivity index is 1.66. The average molecular weight is 517 g/mol. The number of anilines is 2. The van der Waals surface area contributed by atoms with Crippen LogP contribution in [-0.2, 0) is 5.60 Å². The number of ether oxygens (including phenoxy) is 1. The van der Waals surface area contributed by atoms with Crippen molar-refractivity contribution in [3.63, 3.8) is 0 Å². The van der Waals surface area contributed by atoms with Gasteiger partial charge < -0.3 is 25.2 Å². The van der Waals surface area contributed by atoms with Crippen molar-refractivity contribution in [2.75, 3.05) is 30.4 Å². The van der Waals surface area contributed by atoms with Crippen molar-refractivity contribution in [3.05, 3.63) is 52.6 Å². The number of aliphatic hydroxyl groups is 2. The van der Waals surface area contributed by atoms with Gasteiger partial charge >= 0.3 is 0 Å². The summed E-state index contributed by atoms with van der Waals surface area (Å²) < 4.78 is 47.6. The molecule has 37 heavy (non-hydrogen) atoms. The Labute approximate surface area is 213 Å². The van der Waals surface area contributed by atoms with Crippen molar-refractivity contribution in [2.24, 2.45) is 0 Å². The minimum atomic E-state index is -2.92. The van der Waals surface area contributed by atoms with E-state index in [1.165, 1.54) is 12.1 Å². The van der Waals surface area contributed by atoms with E-state index < -0.39 is 35.6 Å². The first kappa shape index (κ1) is 25.5. The minimum Gasteiger partial charge on any atom is -0.489 e. The number of aryl methyl sites for hydroxylation is 1. The lowest BCUT2D eigenvalue weighted by Gasteiger charge is -2.39. The average Bonchev–Trinajstić information content (AvgIpc) is 2.85. The van der Waals surface area contributed by atoms with Crippen LogP contribution in [0.25, 0.3) is 10.9 Å². The zero-order valence-electron chi connectivity index (χ0n) is 21.1. The predicted octanol–water partition coefficient (Wildman–Crippen LogP) is 5.14. The third kappa shape index (κ3) is 4.57. The second-order valence-electron chi connectivity index (χ2n) is 10.1. The first-order chi connectivity index (χ1) is 17.6. The summed E-state index contributed by atoms with van der Waals surface area (Å²) in [4.78, 5) is 11.3. The van der Waals surface area contributed by atoms with E-state index in [4.69, 9.17) is 4.74 Å². The topological polar surface area (TPSA) is 90.7 Å². The van der Waals surface area contributed by atoms with Crippen LogP contribution >= 0.6 is 0 Å². The van der Waals surface area contributed by atoms with E-state index in [0.717, 1.165) is 11.8 Å². The summed E-state index contributed by atoms with van der Waals surface area (Å²) in [5, 5.41) is 25.5. The molecule has 0 saturated heterocycles. The molecule has 198 valence electrons. The highest BCUT2D eigenvalue weighted by molar-refractivity contribution is 6.01. The van der Waals surface area contributed by atoms with Crippen molar-refractivity contribution in [1.82, 2.24) is 9.97 Å². The number of aromatic nitrogens is 2. The molecule has 0 bridgehead atoms. The summed E-state index contributed by atoms with van der Waals surface area (Å²) in [6.07, 6.45) is -1.71. The van der Waals surface area contributed by atoms with Gasteiger partial charge in [0.1, 0.15) is 35.3 Å². The first-order valence-corrected chi connectivity index (χ1v) is 12.5. The van der Waals surface area contributed by atoms with Crippen LogP contribution in [-0.4, -0.2) is 46.5 Å². The number of likely N-dealkylation sites (N-methyl/N-ethyl adjacent to an activating group) is 1. The SMILES string of the molecule is Cc1nc(N[C@H](C)c2cccc(C(F)F)c2F)c2cc([C@]3(O)CC[C@H](O)CC3)c3c(c2n1)N(C)CCO3. The van der Waals surface area contributed by atoms with Crippen molar-refractivity contribution in [3.8, 4) is 5.75 Å². The second-order valence-corrected chi connectivity index (χ2v) is 10.1. The molecule has 1 aliphatic heterocycles. The molecule has 3 aromatic rings. The molecule has 7 nitrogen and oxygen atoms in total. The highest BCUT2D eigenvalue weighted by Crippen LogP contribution is 2.49. The summed E-state index contributed by atoms with van der Waals surface area (Å²) in [6, 6.07) is 5.09. The third-order valence-electron chi connectivity index (χ3n) is 7.48. The van der Waals surface area contributed by atoms with Crippen molar-refractivity contribution in [1.29, 1.82) is 0 Å². The molecule has 10 heteroatoms. The Morgan fingerprint density at radius 3 is 2.59 bits per heavy atom. The summed E-state index contributed by atoms with van der Waals surface area (Å²) >= 11 is 0. The van der Waals surface area contributed by atoms with E-state index in [0.29, 0.717) is 72.7 Å². The van der Waals surface area contributed by atoms with Gasteiger partial charge in [0.2, 0.25) is 0 Å². The Bertz CT molecular complexity index is 1330. The summed E-state index contributed by atoms with van der Waals surface area (Å²) in [7, 11) is 1.93. The van der Waals surface area contributed by atoms with Crippen LogP contribution < -0.4 is 15.0 Å². The molecular formula is C27H31F3N4O3. The van der Waals surface area contributed by atoms with Gasteiger partial charge in [-0.2, -0.15) is 0 Å². The largest absolute Gasteiger partial charge is 0.489 e. The van der Waals surface area contributed by atoms with E-state index in [2.05, 4.69) is 15.3 Å². The van der Waals surface area contributed by atoms with Crippen molar-refractivity contribution in [2.45, 2.75) is 63.7 Å². The van der Waals surface area contributed by atoms with Crippen LogP contribution in [0.15, 0.2) is 24.3 Å². The maximum absolute atomic E-state index is 14.9. The van der Waals surface area contributed by atoms with Crippen LogP contribution in [0.4, 0.5) is 24.7 Å². The monoisotopic (exact) mass is 516 g/mol. The highest BCUT2D eigenvalue weighted by atomic mass is 19.3. The lowest BCUT2D eigenvalue weighted by atomic mass is 9.77. The van der Waals surface area contributed by atoms with Crippen molar-refractivity contribution >= 4 is 22.4 Å². The molecule has 1 saturated carbocycles. The number of nitrogens with one attached hydrogen (secondary N) is 1. The number of alkyl halides is 2. The van der Waals surface area contributed by atoms with Crippen LogP contribution in [0.3, 0.4) is 0 Å². The molecule has 1 fully saturated rings. The fraction of sp³-hybridized carbons (Fsp3) is 0.481. The minimum absolute atomic E-state index is 0.0979. The number of benzene rings is 2. The zero-order valence-corrected chi connectivity index (χ0v) is 21.1. The fourth-order valence-corrected chi connectivity index (χ4v) is 5.40. The fourth-order valence-electron chi connectivity index (χ4n) is 5.40. The predicted molar refractivity (Wildman–Crippen MR) is 135 cm³/mol. The van der Waals surface area contributed by atoms with E-state index >= 15 is 0 Å². The number of fused-ring (bicyclic) bond motifs is 3. The first-order valence-electron chi connectivity index (χ1n) is 12.5. The van der Waals surface area contributed by atoms with Crippen molar-refractivity contribution < 1.29 is 28.1 Å². The number of hydrogen-bond acceptors (Lipinski definition) is 7. The lowest BCUT2D eigenvalue weighted by molar-refractivity contribution is -0.0377. The number of aliphatic hydroxyl groups excluding tert-OH is 1. The van der Waals surface area contributed by atoms with E-state index in [1.54, 1.807) is 13.8 Å². The quantitative estimate of drug-likeness (QED) is 0.433. The van der Waals surface area contributed by atoms with E-state index in [9.17, 15) is 23.4 Å². The van der Waals surface area contributed by atoms with Gasteiger partial charge in [-0.25, -0.2) is 23.1 Å². The summed E-state index contributed by atoms with van der Waals surface area (Å²) in [5.41, 5.74) is 0.186. The number of halogens is 3. The molecule has 3 N–H and O–H groups in total. The standard InChI is InChI=1S/C27H31F3N4O3/c1-14(17-5-4-6-18(21(17)28)25(29)30)31-26-19-13-20(27(36)9-7-16(35)8-10-27)24-23(34(3)11-12-37-24)22(19)32-15(2)33-26/h4-6,13-14,16,25,35-36H,7-12H2,1-3H3,(H,31,32,33)/t14-,16-,27-/m1/s1. The van der Waals surface area contributed by atoms with Crippen LogP contribution in [0.5, 0.6) is 5.75 Å². The van der Waals surface area contributed by atoms with Crippen LogP contribution in [0.1, 0.15) is 67.6 Å². The number of hydrogen-bond donors (Lipinski definition) is 3. The Hall–Kier alpha value is -3.11. The van der Waals surface area contributed by atoms with Gasteiger partial charge in [0.25, 0.3) is 6.43 Å². The molecule has 0 radical (unpaired) electrons. The lowest BCUT2D eigenvalue weighted by Crippen LogP contribution is -2.36. The van der Waals surface area contributed by atoms with Gasteiger partial charge in [-0.3, -0.25) is 0 Å². The molecule has 2 heterocycles. The highest BCUT2D eigenvalue weighted by Gasteiger charge is 2.39. The maximum Gasteiger partial charge on any atom is 0.266 e. The molecule has 2 aromatic carbocycles. The Morgan fingerprint density at radius 1 is 1.19 bits per heavy atom. The van der Waals surface area contributed by atoms with Crippen LogP contribution in [0, 0.1) is 12.7 Å². The molecule has 0 spiro atoms. The second kappa shape index (κ2) is 9.64. The van der Waals surface area contributed by atoms with Gasteiger partial charge in [0.15, 0.2) is 5.75 Å². The third-order valence-corrected chi connectivity index (χ3v) is 7.48. The molecule has 2 aliphatic rings. The van der Waals surface area contributed by atoms with E-state index in [1.807, 2.05) is 18.0 Å². The van der Waals surface area contributed by atoms with Crippen LogP contribution in [0.2, 0.25) is 0 Å². The Kier molecular flexibility index (Phi) is 6.66. The van der Waals surface area contributed by atoms with Gasteiger partial charge in [-0.05, 0) is 45.6 Å². The number of nitrogens with zero attached hydrogens (tertiary/aromatic N) is 3.